The number of aromatic amines is 1. The molecule has 1 heterocycles. The van der Waals surface area contributed by atoms with Crippen molar-refractivity contribution in [3.63, 3.8) is 0 Å². The second-order valence-electron chi connectivity index (χ2n) is 2.72. The first kappa shape index (κ1) is 6.31. The van der Waals surface area contributed by atoms with Crippen LogP contribution in [0.4, 0.5) is 0 Å². The highest BCUT2D eigenvalue weighted by molar-refractivity contribution is 5.94. The van der Waals surface area contributed by atoms with Crippen LogP contribution < -0.4 is 0 Å². The largest absolute Gasteiger partial charge is 0.504 e. The highest BCUT2D eigenvalue weighted by Crippen LogP contribution is 2.30. The van der Waals surface area contributed by atoms with Crippen LogP contribution >= 0.6 is 0 Å². The number of fused-ring (bicyclic) bond motifs is 1. The number of rotatable bonds is 1. The molecule has 5 nitrogen and oxygen atoms in total. The van der Waals surface area contributed by atoms with Crippen molar-refractivity contribution in [3.05, 3.63) is 23.8 Å². The van der Waals surface area contributed by atoms with E-state index in [0.29, 0.717) is 0 Å². The lowest BCUT2D eigenvalue weighted by molar-refractivity contribution is 0.0691. The molecule has 0 atom stereocenters. The monoisotopic (exact) mass is 195 g/mol. The van der Waals surface area contributed by atoms with Crippen LogP contribution in [-0.2, 0) is 0 Å². The van der Waals surface area contributed by atoms with Gasteiger partial charge in [-0.1, -0.05) is 0 Å². The maximum atomic E-state index is 10.7. The zero-order chi connectivity index (χ0) is 12.0. The number of benzene rings is 1. The van der Waals surface area contributed by atoms with Crippen LogP contribution in [0.5, 0.6) is 11.5 Å². The number of hydrogen-bond acceptors (Lipinski definition) is 3. The Morgan fingerprint density at radius 2 is 2.07 bits per heavy atom. The van der Waals surface area contributed by atoms with Gasteiger partial charge in [-0.05, 0) is 12.1 Å². The fourth-order valence-electron chi connectivity index (χ4n) is 1.12. The van der Waals surface area contributed by atoms with Crippen LogP contribution in [0, 0.1) is 0 Å². The van der Waals surface area contributed by atoms with E-state index in [1.165, 1.54) is 0 Å². The fourth-order valence-corrected chi connectivity index (χ4v) is 1.12. The molecule has 0 amide bonds. The van der Waals surface area contributed by atoms with Crippen molar-refractivity contribution in [2.24, 2.45) is 0 Å². The van der Waals surface area contributed by atoms with E-state index in [1.807, 2.05) is 0 Å². The average molecular weight is 195 g/mol. The van der Waals surface area contributed by atoms with Crippen molar-refractivity contribution in [2.45, 2.75) is 0 Å². The van der Waals surface area contributed by atoms with E-state index in [2.05, 4.69) is 4.98 Å². The molecule has 0 aliphatic carbocycles. The summed E-state index contributed by atoms with van der Waals surface area (Å²) in [5.74, 6) is -2.53. The number of aromatic carboxylic acids is 1. The van der Waals surface area contributed by atoms with Crippen LogP contribution in [0.3, 0.4) is 0 Å². The third-order valence-corrected chi connectivity index (χ3v) is 1.76. The second-order valence-corrected chi connectivity index (χ2v) is 2.72. The van der Waals surface area contributed by atoms with Gasteiger partial charge in [0.15, 0.2) is 11.5 Å². The Morgan fingerprint density at radius 3 is 2.71 bits per heavy atom. The Morgan fingerprint density at radius 1 is 1.36 bits per heavy atom. The molecular weight excluding hydrogens is 186 g/mol. The fraction of sp³-hybridized carbons (Fsp3) is 0. The number of carboxylic acids is 1. The number of nitrogens with one attached hydrogen (secondary N) is 1. The zero-order valence-electron chi connectivity index (χ0n) is 8.83. The van der Waals surface area contributed by atoms with Gasteiger partial charge in [0.2, 0.25) is 0 Å². The lowest BCUT2D eigenvalue weighted by Gasteiger charge is -1.95. The normalized spacial score (nSPS) is 12.6. The van der Waals surface area contributed by atoms with E-state index >= 15 is 0 Å². The summed E-state index contributed by atoms with van der Waals surface area (Å²) in [6, 6.07) is 0.222. The third kappa shape index (κ3) is 1.15. The number of H-pyrrole nitrogens is 1. The molecule has 5 heteroatoms. The van der Waals surface area contributed by atoms with Crippen molar-refractivity contribution >= 4 is 16.9 Å². The van der Waals surface area contributed by atoms with E-state index in [0.717, 1.165) is 6.07 Å². The maximum absolute atomic E-state index is 10.7. The van der Waals surface area contributed by atoms with Crippen LogP contribution in [0.25, 0.3) is 10.9 Å². The van der Waals surface area contributed by atoms with Crippen LogP contribution in [0.15, 0.2) is 18.2 Å². The molecule has 0 saturated heterocycles. The lowest BCUT2D eigenvalue weighted by atomic mass is 10.2. The maximum Gasteiger partial charge on any atom is 0.352 e. The summed E-state index contributed by atoms with van der Waals surface area (Å²) in [5, 5.41) is 27.3. The summed E-state index contributed by atoms with van der Waals surface area (Å²) in [6.07, 6.45) is 0. The van der Waals surface area contributed by atoms with Crippen LogP contribution in [0.2, 0.25) is 0 Å². The lowest BCUT2D eigenvalue weighted by Crippen LogP contribution is -1.94. The molecule has 2 aromatic rings. The Kier molecular flexibility index (Phi) is 1.20. The van der Waals surface area contributed by atoms with Gasteiger partial charge in [0, 0.05) is 11.5 Å². The highest BCUT2D eigenvalue weighted by Gasteiger charge is 2.09. The van der Waals surface area contributed by atoms with Crippen LogP contribution in [-0.4, -0.2) is 26.3 Å². The molecule has 72 valence electrons. The molecule has 4 N–H and O–H groups in total. The van der Waals surface area contributed by atoms with Crippen molar-refractivity contribution < 1.29 is 22.9 Å². The highest BCUT2D eigenvalue weighted by atomic mass is 16.4. The van der Waals surface area contributed by atoms with E-state index in [9.17, 15) is 15.0 Å². The van der Waals surface area contributed by atoms with Crippen LogP contribution in [0.1, 0.15) is 13.2 Å². The number of phenols is 2. The summed E-state index contributed by atoms with van der Waals surface area (Å²) in [7, 11) is 0. The summed E-state index contributed by atoms with van der Waals surface area (Å²) < 4.78 is 15.0. The van der Waals surface area contributed by atoms with Crippen molar-refractivity contribution in [1.29, 1.82) is 0 Å². The quantitative estimate of drug-likeness (QED) is 0.515. The molecule has 0 spiro atoms. The second kappa shape index (κ2) is 2.66. The van der Waals surface area contributed by atoms with Gasteiger partial charge >= 0.3 is 5.97 Å². The number of carboxylic acid groups (broad SMARTS) is 1. The molecule has 0 bridgehead atoms. The number of aromatic nitrogens is 1. The van der Waals surface area contributed by atoms with Gasteiger partial charge < -0.3 is 20.3 Å². The van der Waals surface area contributed by atoms with Gasteiger partial charge in [0.25, 0.3) is 0 Å². The van der Waals surface area contributed by atoms with Crippen molar-refractivity contribution in [1.82, 2.24) is 4.98 Å². The third-order valence-electron chi connectivity index (χ3n) is 1.76. The minimum atomic E-state index is -1.33. The Balaban J connectivity index is 2.93. The first-order valence-corrected chi connectivity index (χ1v) is 3.70. The topological polar surface area (TPSA) is 93.5 Å². The number of carbonyl (C=O) groups is 1. The zero-order valence-corrected chi connectivity index (χ0v) is 6.83. The molecule has 1 aromatic heterocycles. The Labute approximate surface area is 81.0 Å². The van der Waals surface area contributed by atoms with E-state index in [1.54, 1.807) is 0 Å². The van der Waals surface area contributed by atoms with Gasteiger partial charge in [0.05, 0.1) is 8.26 Å². The molecule has 14 heavy (non-hydrogen) atoms. The summed E-state index contributed by atoms with van der Waals surface area (Å²) >= 11 is 0. The van der Waals surface area contributed by atoms with Gasteiger partial charge in [0.1, 0.15) is 5.69 Å². The summed E-state index contributed by atoms with van der Waals surface area (Å²) in [6.45, 7) is 0. The number of aromatic hydroxyl groups is 2. The SMILES string of the molecule is [2H]c1c(C(=O)O)[nH]c2cc(O)c(O)c([2H])c12. The smallest absolute Gasteiger partial charge is 0.352 e. The Hall–Kier alpha value is -2.17. The first-order chi connectivity index (χ1) is 7.43. The molecule has 1 aromatic carbocycles. The molecule has 0 aliphatic rings. The first-order valence-electron chi connectivity index (χ1n) is 4.70. The molecule has 0 fully saturated rings. The van der Waals surface area contributed by atoms with Crippen molar-refractivity contribution in [2.75, 3.05) is 0 Å². The summed E-state index contributed by atoms with van der Waals surface area (Å²) in [4.78, 5) is 13.1. The molecule has 0 radical (unpaired) electrons. The van der Waals surface area contributed by atoms with Crippen molar-refractivity contribution in [3.8, 4) is 11.5 Å². The summed E-state index contributed by atoms with van der Waals surface area (Å²) in [5.41, 5.74) is -0.254. The van der Waals surface area contributed by atoms with Gasteiger partial charge in [-0.3, -0.25) is 0 Å². The predicted octanol–water partition coefficient (Wildman–Crippen LogP) is 1.28. The standard InChI is InChI=1S/C9H7NO4/c11-7-2-4-1-6(9(13)14)10-5(4)3-8(7)12/h1-3,10-12H,(H,13,14)/i1D,2D. The number of phenolic OH excluding ortho intramolecular Hbond substituents is 2. The average Bonchev–Trinajstić information content (AvgIpc) is 2.52. The van der Waals surface area contributed by atoms with E-state index < -0.39 is 23.5 Å². The minimum Gasteiger partial charge on any atom is -0.504 e. The molecular formula is C9H7NO4. The van der Waals surface area contributed by atoms with Gasteiger partial charge in [-0.2, -0.15) is 0 Å². The van der Waals surface area contributed by atoms with Gasteiger partial charge in [-0.25, -0.2) is 4.79 Å². The predicted molar refractivity (Wildman–Crippen MR) is 48.6 cm³/mol. The number of hydrogen-bond donors (Lipinski definition) is 4. The molecule has 0 aliphatic heterocycles. The minimum absolute atomic E-state index is 0.0345. The van der Waals surface area contributed by atoms with Gasteiger partial charge in [-0.15, -0.1) is 0 Å². The molecule has 2 rings (SSSR count). The molecule has 0 saturated carbocycles. The van der Waals surface area contributed by atoms with E-state index in [-0.39, 0.29) is 22.6 Å². The Bertz CT molecular complexity index is 605. The molecule has 0 unspecified atom stereocenters. The van der Waals surface area contributed by atoms with E-state index in [4.69, 9.17) is 7.85 Å².